The number of nitrogens with zero attached hydrogens (tertiary/aromatic N) is 3. The smallest absolute Gasteiger partial charge is 0.121 e. The van der Waals surface area contributed by atoms with Gasteiger partial charge in [-0.15, -0.1) is 5.11 Å². The van der Waals surface area contributed by atoms with E-state index in [0.29, 0.717) is 10.7 Å². The fraction of sp³-hybridized carbons (Fsp3) is 0.455. The molecule has 0 aliphatic rings. The molecular weight excluding hydrogens is 226 g/mol. The Morgan fingerprint density at radius 3 is 2.56 bits per heavy atom. The van der Waals surface area contributed by atoms with Crippen molar-refractivity contribution >= 4 is 17.3 Å². The number of halogens is 1. The highest BCUT2D eigenvalue weighted by Gasteiger charge is 2.01. The van der Waals surface area contributed by atoms with Crippen molar-refractivity contribution < 1.29 is 4.74 Å². The lowest BCUT2D eigenvalue weighted by molar-refractivity contribution is 0.300. The van der Waals surface area contributed by atoms with E-state index in [1.807, 2.05) is 18.9 Å². The summed E-state index contributed by atoms with van der Waals surface area (Å²) >= 11 is 6.00. The average molecular weight is 242 g/mol. The van der Waals surface area contributed by atoms with Crippen LogP contribution >= 0.6 is 11.6 Å². The van der Waals surface area contributed by atoms with Gasteiger partial charge in [0, 0.05) is 19.2 Å². The van der Waals surface area contributed by atoms with Gasteiger partial charge in [0.05, 0.1) is 12.1 Å². The second-order valence-corrected chi connectivity index (χ2v) is 3.55. The van der Waals surface area contributed by atoms with E-state index in [9.17, 15) is 0 Å². The third-order valence-electron chi connectivity index (χ3n) is 2.16. The second-order valence-electron chi connectivity index (χ2n) is 3.15. The zero-order valence-corrected chi connectivity index (χ0v) is 10.5. The monoisotopic (exact) mass is 241 g/mol. The van der Waals surface area contributed by atoms with Gasteiger partial charge in [0.1, 0.15) is 11.4 Å². The van der Waals surface area contributed by atoms with Crippen molar-refractivity contribution in [3.05, 3.63) is 23.2 Å². The summed E-state index contributed by atoms with van der Waals surface area (Å²) in [4.78, 5) is 0. The number of methoxy groups -OCH3 is 1. The van der Waals surface area contributed by atoms with Crippen LogP contribution in [0.4, 0.5) is 5.69 Å². The molecule has 16 heavy (non-hydrogen) atoms. The lowest BCUT2D eigenvalue weighted by atomic mass is 10.3. The fourth-order valence-electron chi connectivity index (χ4n) is 1.16. The lowest BCUT2D eigenvalue weighted by Gasteiger charge is -2.11. The van der Waals surface area contributed by atoms with Gasteiger partial charge >= 0.3 is 0 Å². The van der Waals surface area contributed by atoms with Gasteiger partial charge in [-0.25, -0.2) is 0 Å². The molecule has 0 spiro atoms. The van der Waals surface area contributed by atoms with Gasteiger partial charge in [-0.2, -0.15) is 0 Å². The van der Waals surface area contributed by atoms with E-state index in [2.05, 4.69) is 10.3 Å². The molecule has 1 aromatic carbocycles. The first-order valence-electron chi connectivity index (χ1n) is 5.21. The van der Waals surface area contributed by atoms with Crippen molar-refractivity contribution in [2.75, 3.05) is 20.2 Å². The Bertz CT molecular complexity index is 364. The van der Waals surface area contributed by atoms with Crippen molar-refractivity contribution in [2.24, 2.45) is 10.3 Å². The van der Waals surface area contributed by atoms with Gasteiger partial charge in [-0.3, -0.25) is 5.01 Å². The molecule has 0 N–H and O–H groups in total. The molecule has 1 aromatic rings. The topological polar surface area (TPSA) is 37.2 Å². The summed E-state index contributed by atoms with van der Waals surface area (Å²) in [6.07, 6.45) is 0. The normalized spacial score (nSPS) is 10.8. The molecule has 0 aromatic heterocycles. The van der Waals surface area contributed by atoms with E-state index in [1.165, 1.54) is 0 Å². The number of hydrogen-bond donors (Lipinski definition) is 0. The fourth-order valence-corrected chi connectivity index (χ4v) is 1.31. The molecule has 5 heteroatoms. The molecule has 0 saturated carbocycles. The first kappa shape index (κ1) is 12.8. The van der Waals surface area contributed by atoms with Crippen LogP contribution in [0.25, 0.3) is 0 Å². The summed E-state index contributed by atoms with van der Waals surface area (Å²) in [5, 5.41) is 10.6. The van der Waals surface area contributed by atoms with Gasteiger partial charge in [0.2, 0.25) is 0 Å². The van der Waals surface area contributed by atoms with E-state index in [-0.39, 0.29) is 0 Å². The molecule has 0 heterocycles. The predicted octanol–water partition coefficient (Wildman–Crippen LogP) is 3.69. The SMILES string of the molecule is CCN(CC)N=Nc1cc(OC)ccc1Cl. The summed E-state index contributed by atoms with van der Waals surface area (Å²) in [7, 11) is 1.61. The molecule has 88 valence electrons. The van der Waals surface area contributed by atoms with Crippen molar-refractivity contribution in [3.63, 3.8) is 0 Å². The molecule has 0 aliphatic heterocycles. The highest BCUT2D eigenvalue weighted by atomic mass is 35.5. The number of rotatable bonds is 5. The first-order valence-corrected chi connectivity index (χ1v) is 5.59. The minimum atomic E-state index is 0.566. The second kappa shape index (κ2) is 6.33. The van der Waals surface area contributed by atoms with Crippen molar-refractivity contribution in [3.8, 4) is 5.75 Å². The van der Waals surface area contributed by atoms with Crippen LogP contribution in [0, 0.1) is 0 Å². The first-order chi connectivity index (χ1) is 7.71. The van der Waals surface area contributed by atoms with E-state index in [1.54, 1.807) is 25.3 Å². The molecule has 0 saturated heterocycles. The van der Waals surface area contributed by atoms with Crippen molar-refractivity contribution in [2.45, 2.75) is 13.8 Å². The Balaban J connectivity index is 2.86. The quantitative estimate of drug-likeness (QED) is 0.582. The Labute approximate surface area is 101 Å². The maximum absolute atomic E-state index is 6.00. The van der Waals surface area contributed by atoms with Crippen LogP contribution in [0.3, 0.4) is 0 Å². The van der Waals surface area contributed by atoms with E-state index in [0.717, 1.165) is 18.8 Å². The van der Waals surface area contributed by atoms with Crippen LogP contribution in [-0.2, 0) is 0 Å². The van der Waals surface area contributed by atoms with E-state index >= 15 is 0 Å². The Morgan fingerprint density at radius 1 is 1.31 bits per heavy atom. The van der Waals surface area contributed by atoms with Crippen LogP contribution in [0.2, 0.25) is 5.02 Å². The molecule has 0 fully saturated rings. The number of ether oxygens (including phenoxy) is 1. The van der Waals surface area contributed by atoms with Crippen LogP contribution < -0.4 is 4.74 Å². The summed E-state index contributed by atoms with van der Waals surface area (Å²) < 4.78 is 5.10. The molecule has 4 nitrogen and oxygen atoms in total. The van der Waals surface area contributed by atoms with Crippen LogP contribution in [0.5, 0.6) is 5.75 Å². The van der Waals surface area contributed by atoms with Crippen molar-refractivity contribution in [1.29, 1.82) is 0 Å². The lowest BCUT2D eigenvalue weighted by Crippen LogP contribution is -2.14. The molecule has 0 aliphatic carbocycles. The van der Waals surface area contributed by atoms with Crippen LogP contribution in [0.1, 0.15) is 13.8 Å². The summed E-state index contributed by atoms with van der Waals surface area (Å²) in [5.74, 6) is 0.720. The largest absolute Gasteiger partial charge is 0.497 e. The standard InChI is InChI=1S/C11H16ClN3O/c1-4-15(5-2)14-13-11-8-9(16-3)6-7-10(11)12/h6-8H,4-5H2,1-3H3. The Kier molecular flexibility index (Phi) is 5.05. The Hall–Kier alpha value is -1.29. The maximum Gasteiger partial charge on any atom is 0.121 e. The summed E-state index contributed by atoms with van der Waals surface area (Å²) in [6, 6.07) is 5.30. The molecule has 0 atom stereocenters. The highest BCUT2D eigenvalue weighted by Crippen LogP contribution is 2.29. The van der Waals surface area contributed by atoms with E-state index < -0.39 is 0 Å². The molecule has 0 radical (unpaired) electrons. The molecule has 1 rings (SSSR count). The summed E-state index contributed by atoms with van der Waals surface area (Å²) in [5.41, 5.74) is 0.618. The van der Waals surface area contributed by atoms with Gasteiger partial charge in [0.25, 0.3) is 0 Å². The van der Waals surface area contributed by atoms with Crippen molar-refractivity contribution in [1.82, 2.24) is 5.01 Å². The Morgan fingerprint density at radius 2 is 2.00 bits per heavy atom. The molecule has 0 unspecified atom stereocenters. The van der Waals surface area contributed by atoms with Gasteiger partial charge in [-0.1, -0.05) is 16.8 Å². The minimum absolute atomic E-state index is 0.566. The maximum atomic E-state index is 6.00. The van der Waals surface area contributed by atoms with Crippen LogP contribution in [0.15, 0.2) is 28.5 Å². The van der Waals surface area contributed by atoms with E-state index in [4.69, 9.17) is 16.3 Å². The zero-order chi connectivity index (χ0) is 12.0. The molecular formula is C11H16ClN3O. The molecule has 0 bridgehead atoms. The van der Waals surface area contributed by atoms with Gasteiger partial charge in [0.15, 0.2) is 0 Å². The molecule has 0 amide bonds. The number of benzene rings is 1. The third kappa shape index (κ3) is 3.38. The van der Waals surface area contributed by atoms with Crippen LogP contribution in [-0.4, -0.2) is 25.2 Å². The third-order valence-corrected chi connectivity index (χ3v) is 2.48. The predicted molar refractivity (Wildman–Crippen MR) is 65.4 cm³/mol. The zero-order valence-electron chi connectivity index (χ0n) is 9.77. The summed E-state index contributed by atoms with van der Waals surface area (Å²) in [6.45, 7) is 5.69. The average Bonchev–Trinajstić information content (AvgIpc) is 2.32. The minimum Gasteiger partial charge on any atom is -0.497 e. The van der Waals surface area contributed by atoms with Gasteiger partial charge < -0.3 is 4.74 Å². The van der Waals surface area contributed by atoms with Gasteiger partial charge in [-0.05, 0) is 26.0 Å². The highest BCUT2D eigenvalue weighted by molar-refractivity contribution is 6.33. The number of hydrogen-bond acceptors (Lipinski definition) is 3.